The number of unbranched alkanes of at least 4 members (excludes halogenated alkanes) is 10. The molecule has 2 nitrogen and oxygen atoms in total. The van der Waals surface area contributed by atoms with Crippen molar-refractivity contribution in [3.8, 4) is 0 Å². The molecule has 0 spiro atoms. The van der Waals surface area contributed by atoms with Crippen LogP contribution < -0.4 is 0 Å². The molecule has 2 aromatic rings. The Bertz CT molecular complexity index is 736. The molecule has 35 heavy (non-hydrogen) atoms. The second-order valence-corrected chi connectivity index (χ2v) is 20.1. The van der Waals surface area contributed by atoms with Gasteiger partial charge >= 0.3 is 223 Å². The molecule has 2 aromatic carbocycles. The van der Waals surface area contributed by atoms with E-state index in [0.717, 1.165) is 0 Å². The van der Waals surface area contributed by atoms with Gasteiger partial charge in [0, 0.05) is 0 Å². The zero-order chi connectivity index (χ0) is 25.2. The van der Waals surface area contributed by atoms with Crippen molar-refractivity contribution in [2.45, 2.75) is 127 Å². The van der Waals surface area contributed by atoms with Gasteiger partial charge in [-0.1, -0.05) is 0 Å². The van der Waals surface area contributed by atoms with Crippen molar-refractivity contribution in [3.05, 3.63) is 70.8 Å². The van der Waals surface area contributed by atoms with Crippen LogP contribution in [0.5, 0.6) is 0 Å². The van der Waals surface area contributed by atoms with Crippen molar-refractivity contribution in [3.63, 3.8) is 0 Å². The first-order valence-corrected chi connectivity index (χ1v) is 20.8. The summed E-state index contributed by atoms with van der Waals surface area (Å²) in [6, 6.07) is 17.4. The summed E-state index contributed by atoms with van der Waals surface area (Å²) in [5, 5.41) is 0. The van der Waals surface area contributed by atoms with E-state index in [1.807, 2.05) is 0 Å². The van der Waals surface area contributed by atoms with Crippen molar-refractivity contribution in [1.82, 2.24) is 0 Å². The fraction of sp³-hybridized carbons (Fsp3) is 0.625. The van der Waals surface area contributed by atoms with E-state index < -0.39 is 19.2 Å². The van der Waals surface area contributed by atoms with Crippen LogP contribution in [0.4, 0.5) is 0 Å². The van der Waals surface area contributed by atoms with E-state index in [1.54, 1.807) is 0 Å². The fourth-order valence-corrected chi connectivity index (χ4v) is 14.3. The Hall–Kier alpha value is -0.841. The molecule has 0 N–H and O–H groups in total. The summed E-state index contributed by atoms with van der Waals surface area (Å²) in [6.45, 7) is 10.4. The third-order valence-corrected chi connectivity index (χ3v) is 17.5. The number of hydrogen-bond donors (Lipinski definition) is 0. The van der Waals surface area contributed by atoms with E-state index in [-0.39, 0.29) is 0 Å². The molecule has 0 saturated heterocycles. The number of aryl methyl sites for hydroxylation is 2. The SMILES string of the molecule is CCCCCCC[CH2][Sn]([CH2]CCCCCCC)([O]Cc1ccccc1C)[O]Cc1ccccc1C. The first kappa shape index (κ1) is 30.4. The Morgan fingerprint density at radius 3 is 1.29 bits per heavy atom. The third kappa shape index (κ3) is 12.3. The summed E-state index contributed by atoms with van der Waals surface area (Å²) in [6.07, 6.45) is 15.9. The predicted molar refractivity (Wildman–Crippen MR) is 154 cm³/mol. The second-order valence-electron chi connectivity index (χ2n) is 10.4. The van der Waals surface area contributed by atoms with Crippen LogP contribution in [0.15, 0.2) is 48.5 Å². The van der Waals surface area contributed by atoms with Crippen LogP contribution in [0.3, 0.4) is 0 Å². The molecule has 0 amide bonds. The van der Waals surface area contributed by atoms with Gasteiger partial charge in [-0.05, 0) is 0 Å². The molecular weight excluding hydrogens is 535 g/mol. The Kier molecular flexibility index (Phi) is 16.0. The molecular formula is C32H52O2Sn. The summed E-state index contributed by atoms with van der Waals surface area (Å²) >= 11 is -3.28. The normalized spacial score (nSPS) is 11.8. The minimum atomic E-state index is -3.28. The molecule has 0 aliphatic carbocycles. The maximum atomic E-state index is 7.00. The third-order valence-electron chi connectivity index (χ3n) is 7.33. The van der Waals surface area contributed by atoms with Gasteiger partial charge in [0.15, 0.2) is 0 Å². The van der Waals surface area contributed by atoms with Gasteiger partial charge in [-0.25, -0.2) is 0 Å². The van der Waals surface area contributed by atoms with Crippen molar-refractivity contribution >= 4 is 19.2 Å². The molecule has 0 fully saturated rings. The van der Waals surface area contributed by atoms with Gasteiger partial charge in [0.1, 0.15) is 0 Å². The Morgan fingerprint density at radius 2 is 0.886 bits per heavy atom. The first-order chi connectivity index (χ1) is 17.1. The molecule has 0 aliphatic rings. The average Bonchev–Trinajstić information content (AvgIpc) is 2.87. The minimum absolute atomic E-state index is 0.711. The Labute approximate surface area is 222 Å². The van der Waals surface area contributed by atoms with Gasteiger partial charge < -0.3 is 0 Å². The van der Waals surface area contributed by atoms with Crippen LogP contribution in [-0.4, -0.2) is 19.2 Å². The van der Waals surface area contributed by atoms with Crippen molar-refractivity contribution < 1.29 is 6.15 Å². The molecule has 196 valence electrons. The van der Waals surface area contributed by atoms with Gasteiger partial charge in [0.2, 0.25) is 0 Å². The topological polar surface area (TPSA) is 18.5 Å². The number of benzene rings is 2. The van der Waals surface area contributed by atoms with Crippen LogP contribution in [0.2, 0.25) is 8.87 Å². The Morgan fingerprint density at radius 1 is 0.514 bits per heavy atom. The molecule has 2 rings (SSSR count). The molecule has 0 bridgehead atoms. The average molecular weight is 587 g/mol. The van der Waals surface area contributed by atoms with Crippen LogP contribution in [0, 0.1) is 13.8 Å². The van der Waals surface area contributed by atoms with Crippen LogP contribution in [-0.2, 0) is 19.4 Å². The van der Waals surface area contributed by atoms with Crippen LogP contribution >= 0.6 is 0 Å². The zero-order valence-electron chi connectivity index (χ0n) is 23.2. The van der Waals surface area contributed by atoms with Crippen molar-refractivity contribution in [1.29, 1.82) is 0 Å². The fourth-order valence-electron chi connectivity index (χ4n) is 4.77. The zero-order valence-corrected chi connectivity index (χ0v) is 26.1. The summed E-state index contributed by atoms with van der Waals surface area (Å²) < 4.78 is 16.4. The molecule has 0 unspecified atom stereocenters. The standard InChI is InChI=1S/2C8H9O.2C8H17.Sn/c2*1-7-4-2-3-5-8(7)6-9;2*1-3-5-7-8-6-4-2;/h2*2-5H,6H2,1H3;2*1,3-8H2,2H3;/q2*-1;;;+2. The first-order valence-electron chi connectivity index (χ1n) is 14.5. The number of rotatable bonds is 20. The monoisotopic (exact) mass is 588 g/mol. The van der Waals surface area contributed by atoms with Gasteiger partial charge in [0.25, 0.3) is 0 Å². The van der Waals surface area contributed by atoms with E-state index >= 15 is 0 Å². The molecule has 0 aromatic heterocycles. The summed E-state index contributed by atoms with van der Waals surface area (Å²) in [5.74, 6) is 0. The van der Waals surface area contributed by atoms with E-state index in [9.17, 15) is 0 Å². The van der Waals surface area contributed by atoms with Crippen molar-refractivity contribution in [2.75, 3.05) is 0 Å². The molecule has 3 heteroatoms. The second kappa shape index (κ2) is 18.4. The molecule has 0 saturated carbocycles. The van der Waals surface area contributed by atoms with Crippen molar-refractivity contribution in [2.24, 2.45) is 0 Å². The van der Waals surface area contributed by atoms with Crippen LogP contribution in [0.1, 0.15) is 113 Å². The quantitative estimate of drug-likeness (QED) is 0.113. The number of hydrogen-bond acceptors (Lipinski definition) is 2. The van der Waals surface area contributed by atoms with E-state index in [2.05, 4.69) is 76.2 Å². The van der Waals surface area contributed by atoms with E-state index in [0.29, 0.717) is 13.2 Å². The Balaban J connectivity index is 2.11. The molecule has 0 radical (unpaired) electrons. The van der Waals surface area contributed by atoms with Crippen LogP contribution in [0.25, 0.3) is 0 Å². The molecule has 0 heterocycles. The molecule has 0 aliphatic heterocycles. The maximum absolute atomic E-state index is 7.00. The van der Waals surface area contributed by atoms with Gasteiger partial charge in [-0.15, -0.1) is 0 Å². The summed E-state index contributed by atoms with van der Waals surface area (Å²) in [4.78, 5) is 0. The predicted octanol–water partition coefficient (Wildman–Crippen LogP) is 10.2. The van der Waals surface area contributed by atoms with Gasteiger partial charge in [-0.2, -0.15) is 0 Å². The van der Waals surface area contributed by atoms with Gasteiger partial charge in [-0.3, -0.25) is 0 Å². The summed E-state index contributed by atoms with van der Waals surface area (Å²) in [7, 11) is 0. The van der Waals surface area contributed by atoms with E-state index in [1.165, 1.54) is 108 Å². The molecule has 0 atom stereocenters. The van der Waals surface area contributed by atoms with E-state index in [4.69, 9.17) is 6.15 Å². The van der Waals surface area contributed by atoms with Gasteiger partial charge in [0.05, 0.1) is 0 Å². The summed E-state index contributed by atoms with van der Waals surface area (Å²) in [5.41, 5.74) is 5.29.